The Morgan fingerprint density at radius 2 is 2.64 bits per heavy atom. The topological polar surface area (TPSA) is 25.2 Å². The van der Waals surface area contributed by atoms with E-state index >= 15 is 0 Å². The van der Waals surface area contributed by atoms with E-state index < -0.39 is 0 Å². The van der Waals surface area contributed by atoms with E-state index in [2.05, 4.69) is 18.8 Å². The summed E-state index contributed by atoms with van der Waals surface area (Å²) in [6.07, 6.45) is 3.51. The van der Waals surface area contributed by atoms with Gasteiger partial charge in [-0.25, -0.2) is 0 Å². The second-order valence-corrected chi connectivity index (χ2v) is 2.43. The average Bonchev–Trinajstić information content (AvgIpc) is 2.52. The monoisotopic (exact) mass is 151 g/mol. The first-order valence-corrected chi connectivity index (χ1v) is 3.72. The number of rotatable bonds is 4. The third kappa shape index (κ3) is 2.24. The van der Waals surface area contributed by atoms with Gasteiger partial charge in [-0.2, -0.15) is 0 Å². The molecule has 11 heavy (non-hydrogen) atoms. The predicted molar refractivity (Wildman–Crippen MR) is 45.3 cm³/mol. The Morgan fingerprint density at radius 3 is 3.18 bits per heavy atom. The van der Waals surface area contributed by atoms with E-state index in [4.69, 9.17) is 4.42 Å². The van der Waals surface area contributed by atoms with Gasteiger partial charge in [0.05, 0.1) is 12.3 Å². The van der Waals surface area contributed by atoms with Gasteiger partial charge in [0, 0.05) is 6.54 Å². The Kier molecular flexibility index (Phi) is 2.93. The molecule has 0 aromatic carbocycles. The molecule has 60 valence electrons. The normalized spacial score (nSPS) is 12.8. The van der Waals surface area contributed by atoms with Gasteiger partial charge >= 0.3 is 0 Å². The smallest absolute Gasteiger partial charge is 0.120 e. The lowest BCUT2D eigenvalue weighted by molar-refractivity contribution is 0.442. The molecule has 1 aromatic rings. The van der Waals surface area contributed by atoms with Crippen LogP contribution in [0.25, 0.3) is 0 Å². The molecule has 0 aliphatic rings. The second-order valence-electron chi connectivity index (χ2n) is 2.43. The Hall–Kier alpha value is -1.02. The Labute approximate surface area is 66.9 Å². The van der Waals surface area contributed by atoms with Crippen molar-refractivity contribution in [3.63, 3.8) is 0 Å². The van der Waals surface area contributed by atoms with Crippen LogP contribution in [-0.2, 0) is 0 Å². The van der Waals surface area contributed by atoms with Crippen molar-refractivity contribution in [2.24, 2.45) is 0 Å². The molecule has 1 atom stereocenters. The van der Waals surface area contributed by atoms with Gasteiger partial charge in [-0.05, 0) is 19.1 Å². The maximum atomic E-state index is 5.20. The maximum absolute atomic E-state index is 5.20. The molecule has 0 aliphatic heterocycles. The zero-order valence-electron chi connectivity index (χ0n) is 6.71. The lowest BCUT2D eigenvalue weighted by Crippen LogP contribution is -2.17. The summed E-state index contributed by atoms with van der Waals surface area (Å²) < 4.78 is 5.20. The van der Waals surface area contributed by atoms with Crippen molar-refractivity contribution in [3.05, 3.63) is 36.8 Å². The first kappa shape index (κ1) is 8.08. The summed E-state index contributed by atoms with van der Waals surface area (Å²) in [5, 5.41) is 3.22. The molecule has 0 unspecified atom stereocenters. The Morgan fingerprint density at radius 1 is 1.82 bits per heavy atom. The number of furan rings is 1. The van der Waals surface area contributed by atoms with Crippen LogP contribution in [0.1, 0.15) is 18.7 Å². The van der Waals surface area contributed by atoms with E-state index in [1.54, 1.807) is 6.26 Å². The fourth-order valence-corrected chi connectivity index (χ4v) is 0.898. The molecule has 1 rings (SSSR count). The molecule has 1 aromatic heterocycles. The summed E-state index contributed by atoms with van der Waals surface area (Å²) in [7, 11) is 0. The summed E-state index contributed by atoms with van der Waals surface area (Å²) in [5.41, 5.74) is 0. The first-order valence-electron chi connectivity index (χ1n) is 3.72. The van der Waals surface area contributed by atoms with Crippen molar-refractivity contribution >= 4 is 0 Å². The van der Waals surface area contributed by atoms with Gasteiger partial charge in [-0.3, -0.25) is 0 Å². The number of hydrogen-bond acceptors (Lipinski definition) is 2. The van der Waals surface area contributed by atoms with Crippen LogP contribution in [0.2, 0.25) is 0 Å². The summed E-state index contributed by atoms with van der Waals surface area (Å²) in [6.45, 7) is 6.49. The molecule has 0 bridgehead atoms. The van der Waals surface area contributed by atoms with Crippen LogP contribution < -0.4 is 5.32 Å². The van der Waals surface area contributed by atoms with Crippen molar-refractivity contribution in [2.75, 3.05) is 6.54 Å². The van der Waals surface area contributed by atoms with E-state index in [1.165, 1.54) is 0 Å². The maximum Gasteiger partial charge on any atom is 0.120 e. The van der Waals surface area contributed by atoms with Gasteiger partial charge in [0.25, 0.3) is 0 Å². The largest absolute Gasteiger partial charge is 0.468 e. The molecule has 2 nitrogen and oxygen atoms in total. The van der Waals surface area contributed by atoms with Crippen molar-refractivity contribution in [1.29, 1.82) is 0 Å². The van der Waals surface area contributed by atoms with E-state index in [9.17, 15) is 0 Å². The Balaban J connectivity index is 2.42. The number of nitrogens with one attached hydrogen (secondary N) is 1. The fraction of sp³-hybridized carbons (Fsp3) is 0.333. The molecule has 1 N–H and O–H groups in total. The molecule has 0 amide bonds. The highest BCUT2D eigenvalue weighted by Gasteiger charge is 2.04. The van der Waals surface area contributed by atoms with Crippen LogP contribution >= 0.6 is 0 Å². The highest BCUT2D eigenvalue weighted by Crippen LogP contribution is 2.11. The zero-order chi connectivity index (χ0) is 8.10. The van der Waals surface area contributed by atoms with Gasteiger partial charge in [0.1, 0.15) is 5.76 Å². The second kappa shape index (κ2) is 3.98. The third-order valence-corrected chi connectivity index (χ3v) is 1.54. The van der Waals surface area contributed by atoms with Crippen LogP contribution in [0.15, 0.2) is 35.5 Å². The van der Waals surface area contributed by atoms with Crippen LogP contribution in [0.5, 0.6) is 0 Å². The minimum absolute atomic E-state index is 0.267. The zero-order valence-corrected chi connectivity index (χ0v) is 6.71. The molecule has 0 saturated heterocycles. The van der Waals surface area contributed by atoms with E-state index in [0.717, 1.165) is 12.3 Å². The van der Waals surface area contributed by atoms with Crippen LogP contribution in [0.3, 0.4) is 0 Å². The summed E-state index contributed by atoms with van der Waals surface area (Å²) in [5.74, 6) is 0.965. The summed E-state index contributed by atoms with van der Waals surface area (Å²) in [6, 6.07) is 4.12. The van der Waals surface area contributed by atoms with Crippen molar-refractivity contribution in [2.45, 2.75) is 13.0 Å². The molecule has 1 heterocycles. The minimum atomic E-state index is 0.267. The van der Waals surface area contributed by atoms with Gasteiger partial charge in [-0.15, -0.1) is 6.58 Å². The van der Waals surface area contributed by atoms with Crippen LogP contribution in [0, 0.1) is 0 Å². The highest BCUT2D eigenvalue weighted by atomic mass is 16.3. The predicted octanol–water partition coefficient (Wildman–Crippen LogP) is 2.12. The van der Waals surface area contributed by atoms with E-state index in [1.807, 2.05) is 18.2 Å². The lowest BCUT2D eigenvalue weighted by atomic mass is 10.2. The fourth-order valence-electron chi connectivity index (χ4n) is 0.898. The molecule has 2 heteroatoms. The molecule has 0 radical (unpaired) electrons. The average molecular weight is 151 g/mol. The van der Waals surface area contributed by atoms with E-state index in [-0.39, 0.29) is 6.04 Å². The van der Waals surface area contributed by atoms with Crippen molar-refractivity contribution in [1.82, 2.24) is 5.32 Å². The standard InChI is InChI=1S/C9H13NO/c1-3-6-10-8(2)9-5-4-7-11-9/h3-5,7-8,10H,1,6H2,2H3/t8-/m1/s1. The molecular formula is C9H13NO. The van der Waals surface area contributed by atoms with Crippen molar-refractivity contribution < 1.29 is 4.42 Å². The summed E-state index contributed by atoms with van der Waals surface area (Å²) >= 11 is 0. The molecule has 0 saturated carbocycles. The van der Waals surface area contributed by atoms with E-state index in [0.29, 0.717) is 0 Å². The molecular weight excluding hydrogens is 138 g/mol. The number of hydrogen-bond donors (Lipinski definition) is 1. The lowest BCUT2D eigenvalue weighted by Gasteiger charge is -2.07. The molecule has 0 aliphatic carbocycles. The quantitative estimate of drug-likeness (QED) is 0.667. The SMILES string of the molecule is C=CCN[C@H](C)c1ccco1. The van der Waals surface area contributed by atoms with Gasteiger partial charge < -0.3 is 9.73 Å². The van der Waals surface area contributed by atoms with Crippen LogP contribution in [-0.4, -0.2) is 6.54 Å². The third-order valence-electron chi connectivity index (χ3n) is 1.54. The summed E-state index contributed by atoms with van der Waals surface area (Å²) in [4.78, 5) is 0. The van der Waals surface area contributed by atoms with Gasteiger partial charge in [0.15, 0.2) is 0 Å². The highest BCUT2D eigenvalue weighted by molar-refractivity contribution is 5.03. The van der Waals surface area contributed by atoms with Crippen LogP contribution in [0.4, 0.5) is 0 Å². The first-order chi connectivity index (χ1) is 5.34. The van der Waals surface area contributed by atoms with Crippen molar-refractivity contribution in [3.8, 4) is 0 Å². The molecule has 0 fully saturated rings. The van der Waals surface area contributed by atoms with Gasteiger partial charge in [-0.1, -0.05) is 6.08 Å². The molecule has 0 spiro atoms. The van der Waals surface area contributed by atoms with Gasteiger partial charge in [0.2, 0.25) is 0 Å². The minimum Gasteiger partial charge on any atom is -0.468 e. The Bertz CT molecular complexity index is 203.